The zero-order valence-corrected chi connectivity index (χ0v) is 12.9. The number of carbonyl (C=O) groups is 1. The first-order valence-electron chi connectivity index (χ1n) is 6.58. The predicted molar refractivity (Wildman–Crippen MR) is 83.0 cm³/mol. The zero-order chi connectivity index (χ0) is 15.1. The number of rotatable bonds is 7. The van der Waals surface area contributed by atoms with Crippen molar-refractivity contribution < 1.29 is 9.53 Å². The van der Waals surface area contributed by atoms with Crippen LogP contribution in [0.2, 0.25) is 0 Å². The van der Waals surface area contributed by atoms with Gasteiger partial charge in [-0.25, -0.2) is 9.97 Å². The van der Waals surface area contributed by atoms with Crippen LogP contribution in [-0.2, 0) is 16.0 Å². The van der Waals surface area contributed by atoms with Crippen LogP contribution in [0.15, 0.2) is 23.6 Å². The summed E-state index contributed by atoms with van der Waals surface area (Å²) in [6, 6.07) is 5.75. The molecule has 0 saturated heterocycles. The number of pyridine rings is 1. The fraction of sp³-hybridized carbons (Fsp3) is 0.357. The minimum Gasteiger partial charge on any atom is -0.383 e. The van der Waals surface area contributed by atoms with Crippen molar-refractivity contribution in [1.29, 1.82) is 0 Å². The highest BCUT2D eigenvalue weighted by Crippen LogP contribution is 2.20. The topological polar surface area (TPSA) is 76.1 Å². The van der Waals surface area contributed by atoms with Crippen LogP contribution in [-0.4, -0.2) is 36.1 Å². The van der Waals surface area contributed by atoms with E-state index in [2.05, 4.69) is 20.6 Å². The lowest BCUT2D eigenvalue weighted by molar-refractivity contribution is -0.120. The van der Waals surface area contributed by atoms with Gasteiger partial charge in [0.15, 0.2) is 5.13 Å². The lowest BCUT2D eigenvalue weighted by atomic mass is 10.3. The van der Waals surface area contributed by atoms with Crippen LogP contribution < -0.4 is 10.6 Å². The fourth-order valence-corrected chi connectivity index (χ4v) is 2.40. The minimum absolute atomic E-state index is 0.0578. The summed E-state index contributed by atoms with van der Waals surface area (Å²) in [6.07, 6.45) is 0.267. The molecule has 112 valence electrons. The van der Waals surface area contributed by atoms with Crippen LogP contribution >= 0.6 is 11.3 Å². The van der Waals surface area contributed by atoms with Gasteiger partial charge in [0.25, 0.3) is 0 Å². The smallest absolute Gasteiger partial charge is 0.226 e. The first kappa shape index (κ1) is 15.4. The Morgan fingerprint density at radius 3 is 3.00 bits per heavy atom. The Morgan fingerprint density at radius 1 is 1.38 bits per heavy atom. The molecule has 2 aromatic rings. The van der Waals surface area contributed by atoms with E-state index in [1.165, 1.54) is 11.3 Å². The highest BCUT2D eigenvalue weighted by Gasteiger charge is 2.08. The maximum atomic E-state index is 11.7. The third kappa shape index (κ3) is 5.13. The minimum atomic E-state index is -0.0578. The van der Waals surface area contributed by atoms with E-state index >= 15 is 0 Å². The van der Waals surface area contributed by atoms with Crippen molar-refractivity contribution in [1.82, 2.24) is 15.3 Å². The van der Waals surface area contributed by atoms with E-state index in [0.29, 0.717) is 13.2 Å². The molecule has 0 aliphatic rings. The number of nitrogens with zero attached hydrogens (tertiary/aromatic N) is 2. The van der Waals surface area contributed by atoms with Gasteiger partial charge in [-0.2, -0.15) is 0 Å². The number of thiazole rings is 1. The summed E-state index contributed by atoms with van der Waals surface area (Å²) in [5.74, 6) is 0.693. The van der Waals surface area contributed by atoms with Crippen LogP contribution in [0, 0.1) is 6.92 Å². The van der Waals surface area contributed by atoms with Gasteiger partial charge in [-0.15, -0.1) is 11.3 Å². The molecule has 0 spiro atoms. The Labute approximate surface area is 127 Å². The zero-order valence-electron chi connectivity index (χ0n) is 12.0. The lowest BCUT2D eigenvalue weighted by Crippen LogP contribution is -2.28. The molecule has 6 nitrogen and oxygen atoms in total. The van der Waals surface area contributed by atoms with Gasteiger partial charge in [-0.05, 0) is 19.1 Å². The summed E-state index contributed by atoms with van der Waals surface area (Å²) in [6.45, 7) is 2.95. The van der Waals surface area contributed by atoms with E-state index in [4.69, 9.17) is 4.74 Å². The molecule has 2 N–H and O–H groups in total. The van der Waals surface area contributed by atoms with Gasteiger partial charge in [0.05, 0.1) is 18.7 Å². The molecule has 0 radical (unpaired) electrons. The number of hydrogen-bond donors (Lipinski definition) is 2. The average Bonchev–Trinajstić information content (AvgIpc) is 2.86. The molecular formula is C14H18N4O2S. The molecule has 0 aliphatic carbocycles. The summed E-state index contributed by atoms with van der Waals surface area (Å²) in [7, 11) is 1.60. The highest BCUT2D eigenvalue weighted by molar-refractivity contribution is 7.13. The molecule has 7 heteroatoms. The SMILES string of the molecule is COCCNC(=O)Cc1csc(Nc2cccc(C)n2)n1. The molecule has 0 bridgehead atoms. The Morgan fingerprint density at radius 2 is 2.24 bits per heavy atom. The Kier molecular flexibility index (Phi) is 5.65. The van der Waals surface area contributed by atoms with Gasteiger partial charge in [-0.1, -0.05) is 6.07 Å². The highest BCUT2D eigenvalue weighted by atomic mass is 32.1. The quantitative estimate of drug-likeness (QED) is 0.764. The van der Waals surface area contributed by atoms with Crippen molar-refractivity contribution in [2.24, 2.45) is 0 Å². The summed E-state index contributed by atoms with van der Waals surface area (Å²) in [5.41, 5.74) is 1.68. The normalized spacial score (nSPS) is 10.4. The molecular weight excluding hydrogens is 288 g/mol. The van der Waals surface area contributed by atoms with Gasteiger partial charge >= 0.3 is 0 Å². The average molecular weight is 306 g/mol. The summed E-state index contributed by atoms with van der Waals surface area (Å²) < 4.78 is 4.88. The molecule has 0 aromatic carbocycles. The second-order valence-electron chi connectivity index (χ2n) is 4.45. The molecule has 0 saturated carbocycles. The van der Waals surface area contributed by atoms with E-state index in [0.717, 1.165) is 22.3 Å². The fourth-order valence-electron chi connectivity index (χ4n) is 1.69. The number of aromatic nitrogens is 2. The second-order valence-corrected chi connectivity index (χ2v) is 5.31. The Balaban J connectivity index is 1.88. The number of aryl methyl sites for hydroxylation is 1. The Hall–Kier alpha value is -1.99. The van der Waals surface area contributed by atoms with Crippen LogP contribution in [0.4, 0.5) is 10.9 Å². The van der Waals surface area contributed by atoms with Crippen molar-refractivity contribution in [2.45, 2.75) is 13.3 Å². The van der Waals surface area contributed by atoms with Gasteiger partial charge < -0.3 is 15.4 Å². The van der Waals surface area contributed by atoms with E-state index < -0.39 is 0 Å². The first-order chi connectivity index (χ1) is 10.2. The monoisotopic (exact) mass is 306 g/mol. The molecule has 2 aromatic heterocycles. The second kappa shape index (κ2) is 7.70. The van der Waals surface area contributed by atoms with Crippen LogP contribution in [0.25, 0.3) is 0 Å². The summed E-state index contributed by atoms with van der Waals surface area (Å²) in [4.78, 5) is 20.4. The van der Waals surface area contributed by atoms with Crippen LogP contribution in [0.1, 0.15) is 11.4 Å². The number of ether oxygens (including phenoxy) is 1. The molecule has 2 heterocycles. The molecule has 0 fully saturated rings. The van der Waals surface area contributed by atoms with E-state index in [-0.39, 0.29) is 12.3 Å². The van der Waals surface area contributed by atoms with Crippen LogP contribution in [0.3, 0.4) is 0 Å². The standard InChI is InChI=1S/C14H18N4O2S/c1-10-4-3-5-12(16-10)18-14-17-11(9-21-14)8-13(19)15-6-7-20-2/h3-5,9H,6-8H2,1-2H3,(H,15,19)(H,16,17,18). The Bertz CT molecular complexity index is 600. The number of methoxy groups -OCH3 is 1. The van der Waals surface area contributed by atoms with Crippen molar-refractivity contribution in [3.05, 3.63) is 35.0 Å². The third-order valence-corrected chi connectivity index (χ3v) is 3.45. The molecule has 21 heavy (non-hydrogen) atoms. The van der Waals surface area contributed by atoms with Gasteiger partial charge in [-0.3, -0.25) is 4.79 Å². The molecule has 1 amide bonds. The number of nitrogens with one attached hydrogen (secondary N) is 2. The number of hydrogen-bond acceptors (Lipinski definition) is 6. The van der Waals surface area contributed by atoms with Crippen molar-refractivity contribution in [3.63, 3.8) is 0 Å². The maximum Gasteiger partial charge on any atom is 0.226 e. The molecule has 2 rings (SSSR count). The third-order valence-electron chi connectivity index (χ3n) is 2.65. The number of carbonyl (C=O) groups excluding carboxylic acids is 1. The van der Waals surface area contributed by atoms with Crippen molar-refractivity contribution in [2.75, 3.05) is 25.6 Å². The van der Waals surface area contributed by atoms with E-state index in [1.54, 1.807) is 7.11 Å². The first-order valence-corrected chi connectivity index (χ1v) is 7.46. The van der Waals surface area contributed by atoms with E-state index in [1.807, 2.05) is 30.5 Å². The van der Waals surface area contributed by atoms with Crippen LogP contribution in [0.5, 0.6) is 0 Å². The van der Waals surface area contributed by atoms with E-state index in [9.17, 15) is 4.79 Å². The van der Waals surface area contributed by atoms with Crippen molar-refractivity contribution >= 4 is 28.2 Å². The number of amides is 1. The van der Waals surface area contributed by atoms with Gasteiger partial charge in [0.1, 0.15) is 5.82 Å². The van der Waals surface area contributed by atoms with Gasteiger partial charge in [0, 0.05) is 24.7 Å². The predicted octanol–water partition coefficient (Wildman–Crippen LogP) is 1.90. The van der Waals surface area contributed by atoms with Crippen molar-refractivity contribution in [3.8, 4) is 0 Å². The largest absolute Gasteiger partial charge is 0.383 e. The molecule has 0 aliphatic heterocycles. The summed E-state index contributed by atoms with van der Waals surface area (Å²) in [5, 5.41) is 8.50. The number of anilines is 2. The maximum absolute atomic E-state index is 11.7. The lowest BCUT2D eigenvalue weighted by Gasteiger charge is -2.03. The molecule has 0 atom stereocenters. The summed E-state index contributed by atoms with van der Waals surface area (Å²) >= 11 is 1.45. The molecule has 0 unspecified atom stereocenters. The van der Waals surface area contributed by atoms with Gasteiger partial charge in [0.2, 0.25) is 5.91 Å².